The van der Waals surface area contributed by atoms with Crippen LogP contribution < -0.4 is 0 Å². The minimum Gasteiger partial charge on any atom is -0.288 e. The molecule has 0 fully saturated rings. The van der Waals surface area contributed by atoms with Crippen LogP contribution in [0.4, 0.5) is 0 Å². The summed E-state index contributed by atoms with van der Waals surface area (Å²) >= 11 is 0. The zero-order chi connectivity index (χ0) is 11.9. The summed E-state index contributed by atoms with van der Waals surface area (Å²) in [4.78, 5) is 15.4. The second kappa shape index (κ2) is 6.74. The second-order valence-corrected chi connectivity index (χ2v) is 4.39. The SMILES string of the molecule is C=C(CCC)C(=O)OOP(=O)(OC)OC. The normalized spacial score (nSPS) is 11.1. The number of carbonyl (C=O) groups excluding carboxylic acids is 1. The average Bonchev–Trinajstić information content (AvgIpc) is 2.25. The van der Waals surface area contributed by atoms with Gasteiger partial charge in [0.05, 0.1) is 0 Å². The van der Waals surface area contributed by atoms with Crippen LogP contribution in [0.2, 0.25) is 0 Å². The fraction of sp³-hybridized carbons (Fsp3) is 0.625. The zero-order valence-electron chi connectivity index (χ0n) is 9.02. The van der Waals surface area contributed by atoms with E-state index in [4.69, 9.17) is 0 Å². The monoisotopic (exact) mass is 238 g/mol. The van der Waals surface area contributed by atoms with Crippen LogP contribution in [0.3, 0.4) is 0 Å². The number of rotatable bonds is 7. The van der Waals surface area contributed by atoms with Gasteiger partial charge in [-0.15, -0.1) is 0 Å². The van der Waals surface area contributed by atoms with Crippen molar-refractivity contribution in [1.82, 2.24) is 0 Å². The van der Waals surface area contributed by atoms with E-state index in [1.165, 1.54) is 0 Å². The lowest BCUT2D eigenvalue weighted by Crippen LogP contribution is -2.08. The molecule has 0 heterocycles. The summed E-state index contributed by atoms with van der Waals surface area (Å²) in [5, 5.41) is 0. The summed E-state index contributed by atoms with van der Waals surface area (Å²) < 4.78 is 24.3. The van der Waals surface area contributed by atoms with Gasteiger partial charge < -0.3 is 0 Å². The molecule has 0 N–H and O–H groups in total. The molecule has 0 saturated carbocycles. The predicted molar refractivity (Wildman–Crippen MR) is 52.8 cm³/mol. The third kappa shape index (κ3) is 5.09. The molecule has 0 saturated heterocycles. The maximum atomic E-state index is 11.3. The van der Waals surface area contributed by atoms with Gasteiger partial charge in [0.15, 0.2) is 0 Å². The fourth-order valence-corrected chi connectivity index (χ4v) is 1.11. The molecule has 7 heteroatoms. The summed E-state index contributed by atoms with van der Waals surface area (Å²) in [7, 11) is -1.56. The van der Waals surface area contributed by atoms with Crippen LogP contribution in [0.5, 0.6) is 0 Å². The van der Waals surface area contributed by atoms with E-state index in [2.05, 4.69) is 25.2 Å². The van der Waals surface area contributed by atoms with Crippen molar-refractivity contribution in [2.45, 2.75) is 19.8 Å². The van der Waals surface area contributed by atoms with Gasteiger partial charge >= 0.3 is 13.8 Å². The first-order chi connectivity index (χ1) is 6.99. The van der Waals surface area contributed by atoms with Crippen LogP contribution in [0.25, 0.3) is 0 Å². The molecule has 0 atom stereocenters. The van der Waals surface area contributed by atoms with Crippen molar-refractivity contribution >= 4 is 13.8 Å². The number of phosphoric acid groups is 1. The van der Waals surface area contributed by atoms with E-state index >= 15 is 0 Å². The third-order valence-electron chi connectivity index (χ3n) is 1.49. The molecule has 0 aliphatic heterocycles. The summed E-state index contributed by atoms with van der Waals surface area (Å²) in [5.41, 5.74) is 0.233. The van der Waals surface area contributed by atoms with Gasteiger partial charge in [0.2, 0.25) is 0 Å². The van der Waals surface area contributed by atoms with Crippen LogP contribution in [0.1, 0.15) is 19.8 Å². The van der Waals surface area contributed by atoms with Crippen molar-refractivity contribution < 1.29 is 28.0 Å². The first-order valence-corrected chi connectivity index (χ1v) is 5.75. The van der Waals surface area contributed by atoms with Crippen molar-refractivity contribution in [3.8, 4) is 0 Å². The maximum Gasteiger partial charge on any atom is 0.510 e. The van der Waals surface area contributed by atoms with E-state index in [9.17, 15) is 9.36 Å². The van der Waals surface area contributed by atoms with Gasteiger partial charge in [0, 0.05) is 19.8 Å². The first-order valence-electron chi connectivity index (χ1n) is 4.29. The first kappa shape index (κ1) is 14.3. The largest absolute Gasteiger partial charge is 0.510 e. The van der Waals surface area contributed by atoms with Crippen LogP contribution >= 0.6 is 7.82 Å². The summed E-state index contributed by atoms with van der Waals surface area (Å²) in [6.07, 6.45) is 1.23. The van der Waals surface area contributed by atoms with E-state index in [0.29, 0.717) is 6.42 Å². The summed E-state index contributed by atoms with van der Waals surface area (Å²) in [6, 6.07) is 0. The Morgan fingerprint density at radius 1 is 1.33 bits per heavy atom. The van der Waals surface area contributed by atoms with E-state index < -0.39 is 13.8 Å². The average molecular weight is 238 g/mol. The number of hydrogen-bond donors (Lipinski definition) is 0. The minimum absolute atomic E-state index is 0.233. The molecule has 0 unspecified atom stereocenters. The molecule has 6 nitrogen and oxygen atoms in total. The fourth-order valence-electron chi connectivity index (χ4n) is 0.678. The highest BCUT2D eigenvalue weighted by Crippen LogP contribution is 2.47. The molecule has 88 valence electrons. The van der Waals surface area contributed by atoms with Crippen molar-refractivity contribution in [2.24, 2.45) is 0 Å². The molecule has 0 aromatic carbocycles. The van der Waals surface area contributed by atoms with Gasteiger partial charge in [0.25, 0.3) is 0 Å². The molecule has 0 radical (unpaired) electrons. The predicted octanol–water partition coefficient (Wildman–Crippen LogP) is 2.22. The lowest BCUT2D eigenvalue weighted by molar-refractivity contribution is -0.219. The molecule has 0 aliphatic carbocycles. The Labute approximate surface area is 88.7 Å². The Hall–Kier alpha value is -0.680. The lowest BCUT2D eigenvalue weighted by Gasteiger charge is -2.11. The zero-order valence-corrected chi connectivity index (χ0v) is 9.91. The molecular weight excluding hydrogens is 223 g/mol. The Morgan fingerprint density at radius 3 is 2.27 bits per heavy atom. The van der Waals surface area contributed by atoms with Crippen molar-refractivity contribution in [1.29, 1.82) is 0 Å². The number of carbonyl (C=O) groups is 1. The van der Waals surface area contributed by atoms with Crippen molar-refractivity contribution in [3.63, 3.8) is 0 Å². The molecule has 0 spiro atoms. The van der Waals surface area contributed by atoms with E-state index in [0.717, 1.165) is 20.6 Å². The number of phosphoric ester groups is 1. The van der Waals surface area contributed by atoms with E-state index in [1.54, 1.807) is 0 Å². The van der Waals surface area contributed by atoms with Gasteiger partial charge in [-0.2, -0.15) is 0 Å². The Morgan fingerprint density at radius 2 is 1.87 bits per heavy atom. The van der Waals surface area contributed by atoms with Gasteiger partial charge in [-0.05, 0) is 6.42 Å². The lowest BCUT2D eigenvalue weighted by atomic mass is 10.2. The number of hydrogen-bond acceptors (Lipinski definition) is 6. The van der Waals surface area contributed by atoms with Crippen LogP contribution in [0, 0.1) is 0 Å². The van der Waals surface area contributed by atoms with Crippen molar-refractivity contribution in [2.75, 3.05) is 14.2 Å². The molecule has 0 bridgehead atoms. The molecule has 0 aromatic heterocycles. The van der Waals surface area contributed by atoms with Gasteiger partial charge in [-0.3, -0.25) is 13.9 Å². The quantitative estimate of drug-likeness (QED) is 0.293. The highest BCUT2D eigenvalue weighted by atomic mass is 31.2. The van der Waals surface area contributed by atoms with E-state index in [-0.39, 0.29) is 5.57 Å². The van der Waals surface area contributed by atoms with Gasteiger partial charge in [-0.1, -0.05) is 24.6 Å². The highest BCUT2D eigenvalue weighted by Gasteiger charge is 2.27. The van der Waals surface area contributed by atoms with Crippen LogP contribution in [0.15, 0.2) is 12.2 Å². The van der Waals surface area contributed by atoms with Crippen LogP contribution in [-0.2, 0) is 28.0 Å². The molecule has 0 amide bonds. The van der Waals surface area contributed by atoms with Gasteiger partial charge in [0.1, 0.15) is 0 Å². The molecular formula is C8H15O6P. The summed E-state index contributed by atoms with van der Waals surface area (Å²) in [6.45, 7) is 5.35. The molecule has 15 heavy (non-hydrogen) atoms. The Kier molecular flexibility index (Phi) is 6.43. The Bertz CT molecular complexity index is 266. The minimum atomic E-state index is -3.78. The summed E-state index contributed by atoms with van der Waals surface area (Å²) in [5.74, 6) is -0.786. The second-order valence-electron chi connectivity index (χ2n) is 2.61. The maximum absolute atomic E-state index is 11.3. The topological polar surface area (TPSA) is 71.1 Å². The molecule has 0 rings (SSSR count). The van der Waals surface area contributed by atoms with Crippen molar-refractivity contribution in [3.05, 3.63) is 12.2 Å². The van der Waals surface area contributed by atoms with Gasteiger partial charge in [-0.25, -0.2) is 9.36 Å². The standard InChI is InChI=1S/C8H15O6P/c1-5-6-7(2)8(9)13-14-15(10,11-3)12-4/h2,5-6H2,1,3-4H3. The Balaban J connectivity index is 4.10. The van der Waals surface area contributed by atoms with E-state index in [1.807, 2.05) is 6.92 Å². The molecule has 0 aromatic rings. The smallest absolute Gasteiger partial charge is 0.288 e. The molecule has 0 aliphatic rings. The highest BCUT2D eigenvalue weighted by molar-refractivity contribution is 7.48. The van der Waals surface area contributed by atoms with Crippen LogP contribution in [-0.4, -0.2) is 20.2 Å². The third-order valence-corrected chi connectivity index (χ3v) is 2.64.